The third kappa shape index (κ3) is 3.91. The van der Waals surface area contributed by atoms with Crippen LogP contribution in [-0.2, 0) is 6.54 Å². The van der Waals surface area contributed by atoms with Crippen molar-refractivity contribution in [2.75, 3.05) is 32.1 Å². The van der Waals surface area contributed by atoms with Gasteiger partial charge in [-0.15, -0.1) is 5.10 Å². The molecule has 0 amide bonds. The van der Waals surface area contributed by atoms with Crippen molar-refractivity contribution in [3.63, 3.8) is 0 Å². The van der Waals surface area contributed by atoms with Crippen LogP contribution < -0.4 is 10.2 Å². The lowest BCUT2D eigenvalue weighted by Crippen LogP contribution is -2.37. The van der Waals surface area contributed by atoms with E-state index in [1.54, 1.807) is 0 Å². The predicted octanol–water partition coefficient (Wildman–Crippen LogP) is 1.10. The average Bonchev–Trinajstić information content (AvgIpc) is 2.93. The van der Waals surface area contributed by atoms with E-state index in [0.29, 0.717) is 30.5 Å². The lowest BCUT2D eigenvalue weighted by molar-refractivity contribution is 0.362. The second-order valence-corrected chi connectivity index (χ2v) is 5.77. The van der Waals surface area contributed by atoms with Crippen LogP contribution >= 0.6 is 0 Å². The Morgan fingerprint density at radius 3 is 2.89 bits per heavy atom. The van der Waals surface area contributed by atoms with Gasteiger partial charge in [0.1, 0.15) is 0 Å². The van der Waals surface area contributed by atoms with E-state index < -0.39 is 0 Å². The Bertz CT molecular complexity index is 390. The number of anilines is 1. The summed E-state index contributed by atoms with van der Waals surface area (Å²) in [6.45, 7) is 6.88. The quantitative estimate of drug-likeness (QED) is 0.833. The molecular weight excluding hydrogens is 242 g/mol. The summed E-state index contributed by atoms with van der Waals surface area (Å²) in [7, 11) is 4.20. The second kappa shape index (κ2) is 6.34. The molecule has 0 saturated carbocycles. The first kappa shape index (κ1) is 14.3. The first-order valence-corrected chi connectivity index (χ1v) is 7.03. The fourth-order valence-electron chi connectivity index (χ4n) is 2.42. The number of nitrogens with one attached hydrogen (secondary N) is 1. The van der Waals surface area contributed by atoms with Gasteiger partial charge in [-0.05, 0) is 26.9 Å². The molecule has 2 heterocycles. The largest absolute Gasteiger partial charge is 0.407 e. The highest BCUT2D eigenvalue weighted by Gasteiger charge is 2.28. The number of hydrogen-bond donors (Lipinski definition) is 1. The zero-order valence-corrected chi connectivity index (χ0v) is 12.4. The standard InChI is InChI=1S/C13H25N5O/c1-10(2)14-8-12-15-16-13(19-12)18-7-5-6-11(18)9-17(3)4/h10-11,14H,5-9H2,1-4H3. The van der Waals surface area contributed by atoms with Crippen molar-refractivity contribution in [1.29, 1.82) is 0 Å². The van der Waals surface area contributed by atoms with Gasteiger partial charge in [0.2, 0.25) is 5.89 Å². The molecular formula is C13H25N5O. The van der Waals surface area contributed by atoms with E-state index >= 15 is 0 Å². The van der Waals surface area contributed by atoms with Gasteiger partial charge in [0.25, 0.3) is 0 Å². The van der Waals surface area contributed by atoms with Crippen molar-refractivity contribution in [2.45, 2.75) is 45.3 Å². The zero-order valence-electron chi connectivity index (χ0n) is 12.4. The van der Waals surface area contributed by atoms with Crippen LogP contribution in [0.25, 0.3) is 0 Å². The Morgan fingerprint density at radius 1 is 1.42 bits per heavy atom. The molecule has 0 aliphatic carbocycles. The first-order valence-electron chi connectivity index (χ1n) is 7.03. The number of nitrogens with zero attached hydrogens (tertiary/aromatic N) is 4. The van der Waals surface area contributed by atoms with E-state index in [-0.39, 0.29) is 0 Å². The van der Waals surface area contributed by atoms with Gasteiger partial charge in [-0.2, -0.15) is 0 Å². The van der Waals surface area contributed by atoms with Crippen LogP contribution in [0.4, 0.5) is 6.01 Å². The van der Waals surface area contributed by atoms with Gasteiger partial charge in [0, 0.05) is 25.2 Å². The molecule has 0 bridgehead atoms. The van der Waals surface area contributed by atoms with E-state index in [1.807, 2.05) is 0 Å². The molecule has 0 spiro atoms. The molecule has 1 aromatic rings. The van der Waals surface area contributed by atoms with Gasteiger partial charge >= 0.3 is 6.01 Å². The smallest absolute Gasteiger partial charge is 0.318 e. The Kier molecular flexibility index (Phi) is 4.76. The minimum atomic E-state index is 0.420. The van der Waals surface area contributed by atoms with Crippen LogP contribution in [-0.4, -0.2) is 54.4 Å². The molecule has 0 radical (unpaired) electrons. The molecule has 1 aliphatic heterocycles. The Labute approximate surface area is 115 Å². The summed E-state index contributed by atoms with van der Waals surface area (Å²) in [5.74, 6) is 0.666. The van der Waals surface area contributed by atoms with Crippen LogP contribution in [0.3, 0.4) is 0 Å². The molecule has 108 valence electrons. The Morgan fingerprint density at radius 2 is 2.21 bits per heavy atom. The van der Waals surface area contributed by atoms with Crippen LogP contribution in [0.2, 0.25) is 0 Å². The lowest BCUT2D eigenvalue weighted by atomic mass is 10.2. The lowest BCUT2D eigenvalue weighted by Gasteiger charge is -2.25. The van der Waals surface area contributed by atoms with Crippen molar-refractivity contribution in [1.82, 2.24) is 20.4 Å². The molecule has 6 heteroatoms. The Hall–Kier alpha value is -1.14. The normalized spacial score (nSPS) is 19.9. The molecule has 1 N–H and O–H groups in total. The van der Waals surface area contributed by atoms with Gasteiger partial charge in [0.05, 0.1) is 6.54 Å². The third-order valence-corrected chi connectivity index (χ3v) is 3.32. The second-order valence-electron chi connectivity index (χ2n) is 5.77. The number of rotatable bonds is 6. The third-order valence-electron chi connectivity index (χ3n) is 3.32. The Balaban J connectivity index is 1.97. The van der Waals surface area contributed by atoms with Crippen molar-refractivity contribution < 1.29 is 4.42 Å². The number of aromatic nitrogens is 2. The van der Waals surface area contributed by atoms with Gasteiger partial charge in [-0.25, -0.2) is 0 Å². The fraction of sp³-hybridized carbons (Fsp3) is 0.846. The zero-order chi connectivity index (χ0) is 13.8. The molecule has 1 fully saturated rings. The van der Waals surface area contributed by atoms with Crippen molar-refractivity contribution >= 4 is 6.01 Å². The van der Waals surface area contributed by atoms with E-state index in [4.69, 9.17) is 4.42 Å². The maximum Gasteiger partial charge on any atom is 0.318 e. The van der Waals surface area contributed by atoms with Crippen LogP contribution in [0.1, 0.15) is 32.6 Å². The van der Waals surface area contributed by atoms with Crippen LogP contribution in [0.5, 0.6) is 0 Å². The molecule has 1 saturated heterocycles. The van der Waals surface area contributed by atoms with Gasteiger partial charge in [-0.1, -0.05) is 18.9 Å². The number of likely N-dealkylation sites (N-methyl/N-ethyl adjacent to an activating group) is 1. The SMILES string of the molecule is CC(C)NCc1nnc(N2CCCC2CN(C)C)o1. The van der Waals surface area contributed by atoms with Gasteiger partial charge in [0.15, 0.2) is 0 Å². The van der Waals surface area contributed by atoms with E-state index in [1.165, 1.54) is 12.8 Å². The minimum absolute atomic E-state index is 0.420. The fourth-order valence-corrected chi connectivity index (χ4v) is 2.42. The minimum Gasteiger partial charge on any atom is -0.407 e. The number of hydrogen-bond acceptors (Lipinski definition) is 6. The summed E-state index contributed by atoms with van der Waals surface area (Å²) in [5.41, 5.74) is 0. The summed E-state index contributed by atoms with van der Waals surface area (Å²) < 4.78 is 5.75. The van der Waals surface area contributed by atoms with E-state index in [2.05, 4.69) is 53.3 Å². The highest BCUT2D eigenvalue weighted by Crippen LogP contribution is 2.24. The topological polar surface area (TPSA) is 57.4 Å². The molecule has 2 rings (SSSR count). The molecule has 6 nitrogen and oxygen atoms in total. The summed E-state index contributed by atoms with van der Waals surface area (Å²) in [6.07, 6.45) is 2.39. The van der Waals surface area contributed by atoms with Crippen molar-refractivity contribution in [3.05, 3.63) is 5.89 Å². The van der Waals surface area contributed by atoms with Crippen molar-refractivity contribution in [3.8, 4) is 0 Å². The summed E-state index contributed by atoms with van der Waals surface area (Å²) in [6, 6.07) is 1.58. The summed E-state index contributed by atoms with van der Waals surface area (Å²) >= 11 is 0. The maximum absolute atomic E-state index is 5.75. The van der Waals surface area contributed by atoms with Crippen LogP contribution in [0, 0.1) is 0 Å². The van der Waals surface area contributed by atoms with Gasteiger partial charge < -0.3 is 19.5 Å². The van der Waals surface area contributed by atoms with Gasteiger partial charge in [-0.3, -0.25) is 0 Å². The highest BCUT2D eigenvalue weighted by molar-refractivity contribution is 5.29. The van der Waals surface area contributed by atoms with Crippen molar-refractivity contribution in [2.24, 2.45) is 0 Å². The highest BCUT2D eigenvalue weighted by atomic mass is 16.4. The van der Waals surface area contributed by atoms with E-state index in [9.17, 15) is 0 Å². The molecule has 1 atom stereocenters. The van der Waals surface area contributed by atoms with E-state index in [0.717, 1.165) is 13.1 Å². The molecule has 1 aliphatic rings. The summed E-state index contributed by atoms with van der Waals surface area (Å²) in [5, 5.41) is 11.6. The average molecular weight is 267 g/mol. The predicted molar refractivity (Wildman–Crippen MR) is 75.2 cm³/mol. The monoisotopic (exact) mass is 267 g/mol. The summed E-state index contributed by atoms with van der Waals surface area (Å²) in [4.78, 5) is 4.45. The molecule has 1 unspecified atom stereocenters. The molecule has 1 aromatic heterocycles. The maximum atomic E-state index is 5.75. The molecule has 19 heavy (non-hydrogen) atoms. The molecule has 0 aromatic carbocycles. The first-order chi connectivity index (χ1) is 9.06. The van der Waals surface area contributed by atoms with Crippen LogP contribution in [0.15, 0.2) is 4.42 Å².